The molecule has 3 unspecified atom stereocenters. The van der Waals surface area contributed by atoms with Gasteiger partial charge in [-0.05, 0) is 25.8 Å². The fourth-order valence-corrected chi connectivity index (χ4v) is 5.57. The van der Waals surface area contributed by atoms with E-state index in [4.69, 9.17) is 0 Å². The molecule has 0 aromatic carbocycles. The molecule has 1 fully saturated rings. The third-order valence-electron chi connectivity index (χ3n) is 3.52. The van der Waals surface area contributed by atoms with Crippen molar-refractivity contribution in [2.45, 2.75) is 62.5 Å². The number of hydrogen-bond donors (Lipinski definition) is 1. The molecule has 0 aromatic heterocycles. The summed E-state index contributed by atoms with van der Waals surface area (Å²) in [6.07, 6.45) is 8.58. The molecule has 1 rings (SSSR count). The number of allylic oxidation sites excluding steroid dienone is 1. The topological polar surface area (TPSA) is 12.0 Å². The van der Waals surface area contributed by atoms with Gasteiger partial charge in [0.1, 0.15) is 0 Å². The fourth-order valence-electron chi connectivity index (χ4n) is 2.57. The third kappa shape index (κ3) is 6.03. The van der Waals surface area contributed by atoms with Crippen LogP contribution in [0.5, 0.6) is 0 Å². The van der Waals surface area contributed by atoms with Crippen molar-refractivity contribution in [1.29, 1.82) is 0 Å². The maximum Gasteiger partial charge on any atom is 0.0317 e. The molecule has 18 heavy (non-hydrogen) atoms. The minimum Gasteiger partial charge on any atom is -0.313 e. The minimum absolute atomic E-state index is 0.714. The molecule has 1 heterocycles. The lowest BCUT2D eigenvalue weighted by Gasteiger charge is -2.35. The van der Waals surface area contributed by atoms with Crippen LogP contribution in [0.25, 0.3) is 0 Å². The second-order valence-corrected chi connectivity index (χ2v) is 7.77. The Morgan fingerprint density at radius 2 is 2.06 bits per heavy atom. The average Bonchev–Trinajstić information content (AvgIpc) is 2.38. The number of unbranched alkanes of at least 4 members (excludes halogenated alkanes) is 3. The summed E-state index contributed by atoms with van der Waals surface area (Å²) in [5.41, 5.74) is 0. The Bertz CT molecular complexity index is 221. The maximum atomic E-state index is 3.79. The van der Waals surface area contributed by atoms with Crippen LogP contribution in [0.3, 0.4) is 0 Å². The van der Waals surface area contributed by atoms with Crippen LogP contribution < -0.4 is 5.32 Å². The zero-order chi connectivity index (χ0) is 13.2. The van der Waals surface area contributed by atoms with E-state index < -0.39 is 0 Å². The van der Waals surface area contributed by atoms with E-state index in [-0.39, 0.29) is 0 Å². The highest BCUT2D eigenvalue weighted by atomic mass is 32.2. The zero-order valence-corrected chi connectivity index (χ0v) is 13.6. The lowest BCUT2D eigenvalue weighted by Crippen LogP contribution is -2.44. The van der Waals surface area contributed by atoms with E-state index in [9.17, 15) is 0 Å². The molecule has 1 aliphatic heterocycles. The molecule has 1 saturated heterocycles. The lowest BCUT2D eigenvalue weighted by molar-refractivity contribution is 0.450. The smallest absolute Gasteiger partial charge is 0.0317 e. The van der Waals surface area contributed by atoms with Gasteiger partial charge >= 0.3 is 0 Å². The number of nitrogens with one attached hydrogen (secondary N) is 1. The third-order valence-corrected chi connectivity index (χ3v) is 6.77. The van der Waals surface area contributed by atoms with Gasteiger partial charge in [0.05, 0.1) is 0 Å². The summed E-state index contributed by atoms with van der Waals surface area (Å²) in [7, 11) is 0. The van der Waals surface area contributed by atoms with Crippen LogP contribution >= 0.6 is 23.5 Å². The Labute approximate surface area is 122 Å². The number of rotatable bonds is 9. The van der Waals surface area contributed by atoms with Gasteiger partial charge in [0.2, 0.25) is 0 Å². The Morgan fingerprint density at radius 3 is 2.72 bits per heavy atom. The normalized spacial score (nSPS) is 25.9. The van der Waals surface area contributed by atoms with Crippen molar-refractivity contribution < 1.29 is 0 Å². The molecule has 1 nitrogen and oxygen atoms in total. The van der Waals surface area contributed by atoms with Gasteiger partial charge in [-0.2, -0.15) is 23.5 Å². The van der Waals surface area contributed by atoms with Crippen LogP contribution in [-0.2, 0) is 0 Å². The quantitative estimate of drug-likeness (QED) is 0.500. The van der Waals surface area contributed by atoms with Crippen LogP contribution in [0, 0.1) is 0 Å². The summed E-state index contributed by atoms with van der Waals surface area (Å²) in [6.45, 7) is 9.53. The first-order valence-electron chi connectivity index (χ1n) is 7.37. The Hall–Kier alpha value is 0.400. The Kier molecular flexibility index (Phi) is 9.34. The monoisotopic (exact) mass is 287 g/mol. The van der Waals surface area contributed by atoms with Crippen molar-refractivity contribution in [2.24, 2.45) is 0 Å². The lowest BCUT2D eigenvalue weighted by atomic mass is 10.0. The van der Waals surface area contributed by atoms with Crippen LogP contribution in [-0.4, -0.2) is 34.6 Å². The molecule has 1 N–H and O–H groups in total. The van der Waals surface area contributed by atoms with E-state index in [0.717, 1.165) is 17.0 Å². The molecule has 0 spiro atoms. The van der Waals surface area contributed by atoms with E-state index in [0.29, 0.717) is 6.04 Å². The highest BCUT2D eigenvalue weighted by Crippen LogP contribution is 2.34. The van der Waals surface area contributed by atoms with Crippen molar-refractivity contribution in [3.05, 3.63) is 12.7 Å². The molecule has 0 saturated carbocycles. The van der Waals surface area contributed by atoms with Crippen molar-refractivity contribution in [1.82, 2.24) is 5.32 Å². The second kappa shape index (κ2) is 10.2. The van der Waals surface area contributed by atoms with Crippen molar-refractivity contribution in [3.8, 4) is 0 Å². The van der Waals surface area contributed by atoms with Crippen LogP contribution in [0.2, 0.25) is 0 Å². The van der Waals surface area contributed by atoms with E-state index in [1.165, 1.54) is 43.6 Å². The molecule has 1 aliphatic rings. The summed E-state index contributed by atoms with van der Waals surface area (Å²) in [5, 5.41) is 5.33. The average molecular weight is 288 g/mol. The molecule has 0 bridgehead atoms. The second-order valence-electron chi connectivity index (χ2n) is 5.00. The fraction of sp³-hybridized carbons (Fsp3) is 0.867. The van der Waals surface area contributed by atoms with Crippen molar-refractivity contribution in [3.63, 3.8) is 0 Å². The first kappa shape index (κ1) is 16.5. The molecule has 0 amide bonds. The largest absolute Gasteiger partial charge is 0.313 e. The highest BCUT2D eigenvalue weighted by Gasteiger charge is 2.29. The molecular weight excluding hydrogens is 258 g/mol. The zero-order valence-electron chi connectivity index (χ0n) is 12.0. The van der Waals surface area contributed by atoms with Gasteiger partial charge in [-0.3, -0.25) is 0 Å². The SMILES string of the molecule is C=CCCCCCC(NCC)C1SCCSC1C. The van der Waals surface area contributed by atoms with Crippen LogP contribution in [0.4, 0.5) is 0 Å². The first-order valence-corrected chi connectivity index (χ1v) is 9.46. The summed E-state index contributed by atoms with van der Waals surface area (Å²) in [5.74, 6) is 2.67. The molecular formula is C15H29NS2. The number of thioether (sulfide) groups is 2. The Balaban J connectivity index is 2.30. The van der Waals surface area contributed by atoms with Crippen LogP contribution in [0.1, 0.15) is 46.0 Å². The maximum absolute atomic E-state index is 3.79. The highest BCUT2D eigenvalue weighted by molar-refractivity contribution is 8.07. The van der Waals surface area contributed by atoms with Gasteiger partial charge in [-0.25, -0.2) is 0 Å². The van der Waals surface area contributed by atoms with Gasteiger partial charge in [0.25, 0.3) is 0 Å². The Morgan fingerprint density at radius 1 is 1.28 bits per heavy atom. The van der Waals surface area contributed by atoms with Crippen LogP contribution in [0.15, 0.2) is 12.7 Å². The molecule has 106 valence electrons. The molecule has 0 aliphatic carbocycles. The van der Waals surface area contributed by atoms with Gasteiger partial charge < -0.3 is 5.32 Å². The van der Waals surface area contributed by atoms with Crippen molar-refractivity contribution >= 4 is 23.5 Å². The van der Waals surface area contributed by atoms with Gasteiger partial charge in [0.15, 0.2) is 0 Å². The summed E-state index contributed by atoms with van der Waals surface area (Å²) >= 11 is 4.34. The van der Waals surface area contributed by atoms with E-state index in [1.54, 1.807) is 0 Å². The van der Waals surface area contributed by atoms with Crippen molar-refractivity contribution in [2.75, 3.05) is 18.1 Å². The summed E-state index contributed by atoms with van der Waals surface area (Å²) in [6, 6.07) is 0.714. The molecule has 0 radical (unpaired) electrons. The van der Waals surface area contributed by atoms with E-state index in [2.05, 4.69) is 49.3 Å². The predicted molar refractivity (Wildman–Crippen MR) is 88.9 cm³/mol. The van der Waals surface area contributed by atoms with E-state index >= 15 is 0 Å². The standard InChI is InChI=1S/C15H29NS2/c1-4-6-7-8-9-10-14(16-5-2)15-13(3)17-11-12-18-15/h4,13-16H,1,5-12H2,2-3H3. The summed E-state index contributed by atoms with van der Waals surface area (Å²) in [4.78, 5) is 0. The van der Waals surface area contributed by atoms with Gasteiger partial charge in [0, 0.05) is 28.0 Å². The summed E-state index contributed by atoms with van der Waals surface area (Å²) < 4.78 is 0. The van der Waals surface area contributed by atoms with Gasteiger partial charge in [-0.15, -0.1) is 6.58 Å². The van der Waals surface area contributed by atoms with Gasteiger partial charge in [-0.1, -0.05) is 32.8 Å². The number of hydrogen-bond acceptors (Lipinski definition) is 3. The minimum atomic E-state index is 0.714. The predicted octanol–water partition coefficient (Wildman–Crippen LogP) is 4.34. The first-order chi connectivity index (χ1) is 8.79. The molecule has 3 heteroatoms. The molecule has 0 aromatic rings. The van der Waals surface area contributed by atoms with E-state index in [1.807, 2.05) is 6.08 Å². The molecule has 3 atom stereocenters.